The molecule has 20 heavy (non-hydrogen) atoms. The van der Waals surface area contributed by atoms with Crippen LogP contribution in [-0.2, 0) is 0 Å². The summed E-state index contributed by atoms with van der Waals surface area (Å²) in [6.45, 7) is 1.70. The molecule has 1 aromatic carbocycles. The van der Waals surface area contributed by atoms with Crippen LogP contribution in [0.2, 0.25) is 0 Å². The van der Waals surface area contributed by atoms with E-state index in [1.54, 1.807) is 14.2 Å². The van der Waals surface area contributed by atoms with Crippen molar-refractivity contribution >= 4 is 5.96 Å². The van der Waals surface area contributed by atoms with Gasteiger partial charge in [-0.1, -0.05) is 0 Å². The highest BCUT2D eigenvalue weighted by Gasteiger charge is 2.33. The number of nitrogens with zero attached hydrogens (tertiary/aromatic N) is 2. The second-order valence-electron chi connectivity index (χ2n) is 5.46. The Morgan fingerprint density at radius 3 is 2.40 bits per heavy atom. The van der Waals surface area contributed by atoms with Crippen molar-refractivity contribution in [2.24, 2.45) is 16.6 Å². The van der Waals surface area contributed by atoms with Crippen LogP contribution >= 0.6 is 0 Å². The fourth-order valence-electron chi connectivity index (χ4n) is 2.64. The quantitative estimate of drug-likeness (QED) is 0.890. The maximum atomic E-state index is 6.04. The van der Waals surface area contributed by atoms with Crippen molar-refractivity contribution in [3.63, 3.8) is 0 Å². The number of hydrogen-bond acceptors (Lipinski definition) is 5. The van der Waals surface area contributed by atoms with Crippen LogP contribution in [0.15, 0.2) is 23.2 Å². The van der Waals surface area contributed by atoms with Gasteiger partial charge in [0.05, 0.1) is 26.8 Å². The van der Waals surface area contributed by atoms with Crippen molar-refractivity contribution < 1.29 is 9.47 Å². The number of ether oxygens (including phenoxy) is 2. The largest absolute Gasteiger partial charge is 0.497 e. The minimum atomic E-state index is 0.194. The van der Waals surface area contributed by atoms with Gasteiger partial charge in [0, 0.05) is 12.6 Å². The first-order chi connectivity index (χ1) is 9.71. The molecule has 108 valence electrons. The Balaban J connectivity index is 1.86. The highest BCUT2D eigenvalue weighted by Crippen LogP contribution is 2.36. The summed E-state index contributed by atoms with van der Waals surface area (Å²) in [6.07, 6.45) is 2.61. The van der Waals surface area contributed by atoms with Crippen molar-refractivity contribution in [1.29, 1.82) is 0 Å². The summed E-state index contributed by atoms with van der Waals surface area (Å²) in [5.74, 6) is 3.04. The Bertz CT molecular complexity index is 504. The van der Waals surface area contributed by atoms with Crippen molar-refractivity contribution in [1.82, 2.24) is 4.90 Å². The van der Waals surface area contributed by atoms with E-state index < -0.39 is 0 Å². The van der Waals surface area contributed by atoms with Crippen molar-refractivity contribution in [2.45, 2.75) is 18.9 Å². The highest BCUT2D eigenvalue weighted by atomic mass is 16.5. The second-order valence-corrected chi connectivity index (χ2v) is 5.46. The lowest BCUT2D eigenvalue weighted by molar-refractivity contribution is 0.330. The minimum absolute atomic E-state index is 0.194. The monoisotopic (exact) mass is 275 g/mol. The molecule has 0 bridgehead atoms. The Kier molecular flexibility index (Phi) is 3.42. The summed E-state index contributed by atoms with van der Waals surface area (Å²) in [5.41, 5.74) is 7.18. The van der Waals surface area contributed by atoms with Gasteiger partial charge in [-0.15, -0.1) is 0 Å². The van der Waals surface area contributed by atoms with Gasteiger partial charge in [-0.25, -0.2) is 0 Å². The van der Waals surface area contributed by atoms with E-state index in [-0.39, 0.29) is 6.04 Å². The van der Waals surface area contributed by atoms with E-state index in [0.29, 0.717) is 12.5 Å². The van der Waals surface area contributed by atoms with Crippen LogP contribution in [0.1, 0.15) is 24.4 Å². The van der Waals surface area contributed by atoms with E-state index in [4.69, 9.17) is 15.2 Å². The minimum Gasteiger partial charge on any atom is -0.497 e. The first kappa shape index (κ1) is 13.1. The summed E-state index contributed by atoms with van der Waals surface area (Å²) in [4.78, 5) is 6.62. The van der Waals surface area contributed by atoms with E-state index in [9.17, 15) is 0 Å². The Morgan fingerprint density at radius 1 is 1.20 bits per heavy atom. The first-order valence-corrected chi connectivity index (χ1v) is 7.01. The molecule has 1 aromatic rings. The van der Waals surface area contributed by atoms with E-state index in [0.717, 1.165) is 29.5 Å². The van der Waals surface area contributed by atoms with Crippen LogP contribution in [0.4, 0.5) is 0 Å². The smallest absolute Gasteiger partial charge is 0.191 e. The van der Waals surface area contributed by atoms with Crippen LogP contribution < -0.4 is 15.2 Å². The number of nitrogens with two attached hydrogens (primary N) is 1. The Hall–Kier alpha value is -1.91. The third kappa shape index (κ3) is 2.53. The van der Waals surface area contributed by atoms with Gasteiger partial charge in [0.2, 0.25) is 0 Å². The fraction of sp³-hybridized carbons (Fsp3) is 0.533. The normalized spacial score (nSPS) is 21.8. The Morgan fingerprint density at radius 2 is 1.85 bits per heavy atom. The molecule has 0 saturated heterocycles. The third-order valence-electron chi connectivity index (χ3n) is 4.01. The molecule has 1 aliphatic heterocycles. The van der Waals surface area contributed by atoms with Gasteiger partial charge in [-0.05, 0) is 36.5 Å². The molecule has 1 saturated carbocycles. The lowest BCUT2D eigenvalue weighted by Crippen LogP contribution is -2.37. The molecule has 0 aromatic heterocycles. The molecule has 1 atom stereocenters. The molecular weight excluding hydrogens is 254 g/mol. The lowest BCUT2D eigenvalue weighted by atomic mass is 10.0. The van der Waals surface area contributed by atoms with Crippen LogP contribution in [0.3, 0.4) is 0 Å². The zero-order valence-corrected chi connectivity index (χ0v) is 12.0. The number of hydrogen-bond donors (Lipinski definition) is 1. The number of rotatable bonds is 5. The van der Waals surface area contributed by atoms with Gasteiger partial charge >= 0.3 is 0 Å². The molecule has 1 unspecified atom stereocenters. The van der Waals surface area contributed by atoms with Crippen molar-refractivity contribution in [3.8, 4) is 11.5 Å². The predicted molar refractivity (Wildman–Crippen MR) is 78.2 cm³/mol. The van der Waals surface area contributed by atoms with Gasteiger partial charge in [-0.3, -0.25) is 4.99 Å². The van der Waals surface area contributed by atoms with Crippen molar-refractivity contribution in [3.05, 3.63) is 23.8 Å². The van der Waals surface area contributed by atoms with E-state index in [1.165, 1.54) is 12.8 Å². The van der Waals surface area contributed by atoms with Crippen LogP contribution in [0, 0.1) is 5.92 Å². The third-order valence-corrected chi connectivity index (χ3v) is 4.01. The maximum Gasteiger partial charge on any atom is 0.191 e. The zero-order valence-electron chi connectivity index (χ0n) is 12.0. The van der Waals surface area contributed by atoms with Gasteiger partial charge in [0.15, 0.2) is 5.96 Å². The van der Waals surface area contributed by atoms with E-state index in [2.05, 4.69) is 9.89 Å². The van der Waals surface area contributed by atoms with Gasteiger partial charge in [0.25, 0.3) is 0 Å². The van der Waals surface area contributed by atoms with Gasteiger partial charge in [0.1, 0.15) is 11.5 Å². The molecule has 2 aliphatic rings. The number of aliphatic imine (C=N–C) groups is 1. The molecule has 2 N–H and O–H groups in total. The summed E-state index contributed by atoms with van der Waals surface area (Å²) < 4.78 is 10.7. The molecule has 5 heteroatoms. The zero-order chi connectivity index (χ0) is 14.1. The molecular formula is C15H21N3O2. The highest BCUT2D eigenvalue weighted by molar-refractivity contribution is 5.80. The average Bonchev–Trinajstić information content (AvgIpc) is 3.22. The molecule has 5 nitrogen and oxygen atoms in total. The molecule has 1 aliphatic carbocycles. The first-order valence-electron chi connectivity index (χ1n) is 7.01. The second kappa shape index (κ2) is 5.23. The topological polar surface area (TPSA) is 60.1 Å². The van der Waals surface area contributed by atoms with Crippen LogP contribution in [0.5, 0.6) is 11.5 Å². The molecule has 0 amide bonds. The Labute approximate surface area is 119 Å². The molecule has 1 fully saturated rings. The number of benzene rings is 1. The predicted octanol–water partition coefficient (Wildman–Crippen LogP) is 1.79. The molecule has 1 heterocycles. The van der Waals surface area contributed by atoms with Crippen LogP contribution in [-0.4, -0.2) is 38.2 Å². The summed E-state index contributed by atoms with van der Waals surface area (Å²) in [7, 11) is 3.33. The molecule has 0 spiro atoms. The number of methoxy groups -OCH3 is 2. The maximum absolute atomic E-state index is 6.04. The summed E-state index contributed by atoms with van der Waals surface area (Å²) >= 11 is 0. The number of guanidine groups is 1. The van der Waals surface area contributed by atoms with Gasteiger partial charge in [-0.2, -0.15) is 0 Å². The fourth-order valence-corrected chi connectivity index (χ4v) is 2.64. The van der Waals surface area contributed by atoms with E-state index in [1.807, 2.05) is 18.2 Å². The summed E-state index contributed by atoms with van der Waals surface area (Å²) in [5, 5.41) is 0. The SMILES string of the molecule is COc1cc(OC)cc(C2CN=C(N)N2CC2CC2)c1. The summed E-state index contributed by atoms with van der Waals surface area (Å²) in [6, 6.07) is 6.16. The molecule has 3 rings (SSSR count). The average molecular weight is 275 g/mol. The van der Waals surface area contributed by atoms with Crippen LogP contribution in [0.25, 0.3) is 0 Å². The van der Waals surface area contributed by atoms with Gasteiger partial charge < -0.3 is 20.1 Å². The lowest BCUT2D eigenvalue weighted by Gasteiger charge is -2.27. The van der Waals surface area contributed by atoms with Crippen molar-refractivity contribution in [2.75, 3.05) is 27.3 Å². The molecule has 0 radical (unpaired) electrons. The van der Waals surface area contributed by atoms with E-state index >= 15 is 0 Å². The standard InChI is InChI=1S/C15H21N3O2/c1-19-12-5-11(6-13(7-12)20-2)14-8-17-15(16)18(14)9-10-3-4-10/h5-7,10,14H,3-4,8-9H2,1-2H3,(H2,16,17).